The zero-order valence-corrected chi connectivity index (χ0v) is 9.71. The molecule has 1 aromatic carbocycles. The van der Waals surface area contributed by atoms with Crippen molar-refractivity contribution in [3.63, 3.8) is 0 Å². The number of methoxy groups -OCH3 is 1. The summed E-state index contributed by atoms with van der Waals surface area (Å²) in [6.07, 6.45) is 0.205. The van der Waals surface area contributed by atoms with Gasteiger partial charge in [0.1, 0.15) is 0 Å². The SMILES string of the molecule is COC(C)CNc1ccc(C)cc1CN. The fraction of sp³-hybridized carbons (Fsp3) is 0.500. The minimum absolute atomic E-state index is 0.205. The number of rotatable bonds is 5. The molecule has 0 aliphatic heterocycles. The van der Waals surface area contributed by atoms with E-state index >= 15 is 0 Å². The van der Waals surface area contributed by atoms with Crippen molar-refractivity contribution < 1.29 is 4.74 Å². The molecular weight excluding hydrogens is 188 g/mol. The van der Waals surface area contributed by atoms with Crippen molar-refractivity contribution in [3.8, 4) is 0 Å². The second-order valence-electron chi connectivity index (χ2n) is 3.79. The van der Waals surface area contributed by atoms with Gasteiger partial charge >= 0.3 is 0 Å². The van der Waals surface area contributed by atoms with Gasteiger partial charge in [-0.15, -0.1) is 0 Å². The first-order valence-electron chi connectivity index (χ1n) is 5.23. The lowest BCUT2D eigenvalue weighted by Crippen LogP contribution is -2.19. The van der Waals surface area contributed by atoms with Gasteiger partial charge in [-0.05, 0) is 25.5 Å². The van der Waals surface area contributed by atoms with E-state index in [1.807, 2.05) is 6.92 Å². The van der Waals surface area contributed by atoms with Crippen LogP contribution in [0, 0.1) is 6.92 Å². The standard InChI is InChI=1S/C12H20N2O/c1-9-4-5-12(11(6-9)7-13)14-8-10(2)15-3/h4-6,10,14H,7-8,13H2,1-3H3. The molecule has 3 N–H and O–H groups in total. The number of benzene rings is 1. The second-order valence-corrected chi connectivity index (χ2v) is 3.79. The largest absolute Gasteiger partial charge is 0.382 e. The molecule has 3 nitrogen and oxygen atoms in total. The van der Waals surface area contributed by atoms with E-state index in [2.05, 4.69) is 30.4 Å². The number of nitrogens with two attached hydrogens (primary N) is 1. The highest BCUT2D eigenvalue weighted by molar-refractivity contribution is 5.52. The number of aryl methyl sites for hydroxylation is 1. The zero-order valence-electron chi connectivity index (χ0n) is 9.71. The summed E-state index contributed by atoms with van der Waals surface area (Å²) in [7, 11) is 1.71. The maximum atomic E-state index is 5.69. The van der Waals surface area contributed by atoms with Crippen LogP contribution in [0.1, 0.15) is 18.1 Å². The molecule has 1 unspecified atom stereocenters. The lowest BCUT2D eigenvalue weighted by Gasteiger charge is -2.15. The van der Waals surface area contributed by atoms with Crippen molar-refractivity contribution >= 4 is 5.69 Å². The van der Waals surface area contributed by atoms with Crippen molar-refractivity contribution in [3.05, 3.63) is 29.3 Å². The summed E-state index contributed by atoms with van der Waals surface area (Å²) in [5.74, 6) is 0. The predicted molar refractivity (Wildman–Crippen MR) is 64.0 cm³/mol. The molecular formula is C12H20N2O. The van der Waals surface area contributed by atoms with Crippen molar-refractivity contribution in [1.82, 2.24) is 0 Å². The summed E-state index contributed by atoms with van der Waals surface area (Å²) in [4.78, 5) is 0. The van der Waals surface area contributed by atoms with Crippen LogP contribution in [0.25, 0.3) is 0 Å². The number of hydrogen-bond acceptors (Lipinski definition) is 3. The van der Waals surface area contributed by atoms with Gasteiger partial charge in [0, 0.05) is 25.9 Å². The van der Waals surface area contributed by atoms with E-state index in [0.717, 1.165) is 17.8 Å². The fourth-order valence-corrected chi connectivity index (χ4v) is 1.40. The third-order valence-corrected chi connectivity index (χ3v) is 2.46. The van der Waals surface area contributed by atoms with Gasteiger partial charge in [-0.25, -0.2) is 0 Å². The van der Waals surface area contributed by atoms with Crippen LogP contribution in [-0.2, 0) is 11.3 Å². The van der Waals surface area contributed by atoms with Crippen LogP contribution in [0.4, 0.5) is 5.69 Å². The average Bonchev–Trinajstić information content (AvgIpc) is 2.26. The molecule has 0 bridgehead atoms. The van der Waals surface area contributed by atoms with Crippen LogP contribution in [0.15, 0.2) is 18.2 Å². The summed E-state index contributed by atoms with van der Waals surface area (Å²) in [5.41, 5.74) is 9.18. The average molecular weight is 208 g/mol. The lowest BCUT2D eigenvalue weighted by molar-refractivity contribution is 0.129. The quantitative estimate of drug-likeness (QED) is 0.777. The highest BCUT2D eigenvalue weighted by Crippen LogP contribution is 2.16. The Labute approximate surface area is 91.6 Å². The predicted octanol–water partition coefficient (Wildman–Crippen LogP) is 1.90. The smallest absolute Gasteiger partial charge is 0.0715 e. The monoisotopic (exact) mass is 208 g/mol. The lowest BCUT2D eigenvalue weighted by atomic mass is 10.1. The van der Waals surface area contributed by atoms with Gasteiger partial charge in [-0.2, -0.15) is 0 Å². The Morgan fingerprint density at radius 3 is 2.80 bits per heavy atom. The summed E-state index contributed by atoms with van der Waals surface area (Å²) in [5, 5.41) is 3.34. The Balaban J connectivity index is 2.67. The number of anilines is 1. The topological polar surface area (TPSA) is 47.3 Å². The third-order valence-electron chi connectivity index (χ3n) is 2.46. The fourth-order valence-electron chi connectivity index (χ4n) is 1.40. The molecule has 0 aromatic heterocycles. The molecule has 84 valence electrons. The van der Waals surface area contributed by atoms with E-state index in [9.17, 15) is 0 Å². The zero-order chi connectivity index (χ0) is 11.3. The maximum absolute atomic E-state index is 5.69. The molecule has 1 aromatic rings. The van der Waals surface area contributed by atoms with Crippen LogP contribution in [-0.4, -0.2) is 19.8 Å². The van der Waals surface area contributed by atoms with Gasteiger partial charge in [0.2, 0.25) is 0 Å². The van der Waals surface area contributed by atoms with Crippen molar-refractivity contribution in [2.24, 2.45) is 5.73 Å². The van der Waals surface area contributed by atoms with Gasteiger partial charge in [0.25, 0.3) is 0 Å². The van der Waals surface area contributed by atoms with Crippen LogP contribution >= 0.6 is 0 Å². The summed E-state index contributed by atoms with van der Waals surface area (Å²) >= 11 is 0. The van der Waals surface area contributed by atoms with Crippen LogP contribution < -0.4 is 11.1 Å². The first-order valence-corrected chi connectivity index (χ1v) is 5.23. The molecule has 0 amide bonds. The van der Waals surface area contributed by atoms with Gasteiger partial charge < -0.3 is 15.8 Å². The van der Waals surface area contributed by atoms with Crippen LogP contribution in [0.5, 0.6) is 0 Å². The molecule has 0 saturated carbocycles. The summed E-state index contributed by atoms with van der Waals surface area (Å²) < 4.78 is 5.18. The molecule has 15 heavy (non-hydrogen) atoms. The van der Waals surface area contributed by atoms with Gasteiger partial charge in [0.15, 0.2) is 0 Å². The molecule has 0 saturated heterocycles. The summed E-state index contributed by atoms with van der Waals surface area (Å²) in [6.45, 7) is 5.46. The van der Waals surface area contributed by atoms with Crippen LogP contribution in [0.2, 0.25) is 0 Å². The summed E-state index contributed by atoms with van der Waals surface area (Å²) in [6, 6.07) is 6.26. The van der Waals surface area contributed by atoms with E-state index in [4.69, 9.17) is 10.5 Å². The molecule has 0 spiro atoms. The second kappa shape index (κ2) is 5.73. The Morgan fingerprint density at radius 1 is 1.47 bits per heavy atom. The van der Waals surface area contributed by atoms with Crippen molar-refractivity contribution in [1.29, 1.82) is 0 Å². The highest BCUT2D eigenvalue weighted by Gasteiger charge is 2.03. The van der Waals surface area contributed by atoms with E-state index in [1.165, 1.54) is 5.56 Å². The van der Waals surface area contributed by atoms with Gasteiger partial charge in [-0.1, -0.05) is 17.7 Å². The van der Waals surface area contributed by atoms with Crippen molar-refractivity contribution in [2.45, 2.75) is 26.5 Å². The van der Waals surface area contributed by atoms with E-state index in [0.29, 0.717) is 6.54 Å². The molecule has 0 fully saturated rings. The van der Waals surface area contributed by atoms with Gasteiger partial charge in [-0.3, -0.25) is 0 Å². The van der Waals surface area contributed by atoms with Crippen molar-refractivity contribution in [2.75, 3.05) is 19.0 Å². The minimum atomic E-state index is 0.205. The Kier molecular flexibility index (Phi) is 4.59. The molecule has 3 heteroatoms. The molecule has 1 atom stereocenters. The molecule has 1 rings (SSSR count). The Hall–Kier alpha value is -1.06. The highest BCUT2D eigenvalue weighted by atomic mass is 16.5. The first-order chi connectivity index (χ1) is 7.17. The molecule has 0 aliphatic carbocycles. The normalized spacial score (nSPS) is 12.5. The van der Waals surface area contributed by atoms with Gasteiger partial charge in [0.05, 0.1) is 6.10 Å². The van der Waals surface area contributed by atoms with E-state index in [1.54, 1.807) is 7.11 Å². The van der Waals surface area contributed by atoms with Crippen LogP contribution in [0.3, 0.4) is 0 Å². The Bertz CT molecular complexity index is 312. The number of hydrogen-bond donors (Lipinski definition) is 2. The number of nitrogens with one attached hydrogen (secondary N) is 1. The van der Waals surface area contributed by atoms with E-state index in [-0.39, 0.29) is 6.10 Å². The Morgan fingerprint density at radius 2 is 2.20 bits per heavy atom. The maximum Gasteiger partial charge on any atom is 0.0715 e. The molecule has 0 aliphatic rings. The number of ether oxygens (including phenoxy) is 1. The molecule has 0 heterocycles. The van der Waals surface area contributed by atoms with E-state index < -0.39 is 0 Å². The molecule has 0 radical (unpaired) electrons. The first kappa shape index (κ1) is 12.0. The minimum Gasteiger partial charge on any atom is -0.382 e. The third kappa shape index (κ3) is 3.53.